The standard InChI is InChI=1S/C27H23N3O2S2/c1-30-12-11-18-23(15-30)34-27(24(18)26-28-20-9-5-6-10-22(20)33-26)29-25(31)19-13-16-7-3-4-8-17(16)14-21(19)32-2/h3-10,13-14H,11-12,15H2,1-2H3,(H,29,31). The molecule has 3 heterocycles. The van der Waals surface area contributed by atoms with E-state index in [1.54, 1.807) is 29.8 Å². The smallest absolute Gasteiger partial charge is 0.260 e. The summed E-state index contributed by atoms with van der Waals surface area (Å²) in [6.07, 6.45) is 0.947. The van der Waals surface area contributed by atoms with Crippen molar-refractivity contribution in [2.75, 3.05) is 26.0 Å². The average molecular weight is 486 g/mol. The van der Waals surface area contributed by atoms with E-state index in [-0.39, 0.29) is 5.91 Å². The Bertz CT molecular complexity index is 1520. The zero-order valence-electron chi connectivity index (χ0n) is 18.9. The van der Waals surface area contributed by atoms with Crippen molar-refractivity contribution in [3.8, 4) is 16.3 Å². The number of amides is 1. The second-order valence-electron chi connectivity index (χ2n) is 8.54. The van der Waals surface area contributed by atoms with Gasteiger partial charge in [0.2, 0.25) is 0 Å². The van der Waals surface area contributed by atoms with Gasteiger partial charge in [0.05, 0.1) is 22.9 Å². The van der Waals surface area contributed by atoms with Crippen LogP contribution >= 0.6 is 22.7 Å². The van der Waals surface area contributed by atoms with Gasteiger partial charge in [0.15, 0.2) is 0 Å². The lowest BCUT2D eigenvalue weighted by molar-refractivity contribution is 0.102. The third-order valence-electron chi connectivity index (χ3n) is 6.29. The van der Waals surface area contributed by atoms with Crippen LogP contribution in [0.2, 0.25) is 0 Å². The van der Waals surface area contributed by atoms with E-state index in [4.69, 9.17) is 9.72 Å². The molecule has 170 valence electrons. The molecule has 6 rings (SSSR count). The summed E-state index contributed by atoms with van der Waals surface area (Å²) in [6, 6.07) is 20.0. The Morgan fingerprint density at radius 2 is 1.82 bits per heavy atom. The number of nitrogens with one attached hydrogen (secondary N) is 1. The zero-order valence-corrected chi connectivity index (χ0v) is 20.6. The predicted molar refractivity (Wildman–Crippen MR) is 141 cm³/mol. The Balaban J connectivity index is 1.45. The lowest BCUT2D eigenvalue weighted by atomic mass is 10.0. The minimum absolute atomic E-state index is 0.170. The highest BCUT2D eigenvalue weighted by molar-refractivity contribution is 7.23. The molecule has 0 fully saturated rings. The van der Waals surface area contributed by atoms with E-state index in [1.807, 2.05) is 54.6 Å². The summed E-state index contributed by atoms with van der Waals surface area (Å²) in [7, 11) is 3.74. The van der Waals surface area contributed by atoms with E-state index >= 15 is 0 Å². The molecule has 5 nitrogen and oxygen atoms in total. The van der Waals surface area contributed by atoms with Crippen molar-refractivity contribution in [3.05, 3.63) is 76.7 Å². The number of rotatable bonds is 4. The molecular formula is C27H23N3O2S2. The van der Waals surface area contributed by atoms with E-state index in [1.165, 1.54) is 10.4 Å². The van der Waals surface area contributed by atoms with Crippen molar-refractivity contribution >= 4 is 54.6 Å². The number of para-hydroxylation sites is 1. The van der Waals surface area contributed by atoms with Crippen LogP contribution in [0, 0.1) is 0 Å². The van der Waals surface area contributed by atoms with Gasteiger partial charge < -0.3 is 15.0 Å². The fourth-order valence-corrected chi connectivity index (χ4v) is 6.99. The highest BCUT2D eigenvalue weighted by Crippen LogP contribution is 2.45. The molecule has 0 atom stereocenters. The molecule has 0 saturated carbocycles. The first-order valence-electron chi connectivity index (χ1n) is 11.2. The van der Waals surface area contributed by atoms with Crippen molar-refractivity contribution in [3.63, 3.8) is 0 Å². The fraction of sp³-hybridized carbons (Fsp3) is 0.185. The Hall–Kier alpha value is -3.26. The number of likely N-dealkylation sites (N-methyl/N-ethyl adjacent to an activating group) is 1. The Kier molecular flexibility index (Phi) is 5.32. The van der Waals surface area contributed by atoms with Crippen molar-refractivity contribution in [2.45, 2.75) is 13.0 Å². The lowest BCUT2D eigenvalue weighted by Gasteiger charge is -2.22. The normalized spacial score (nSPS) is 13.8. The molecule has 1 amide bonds. The van der Waals surface area contributed by atoms with Crippen molar-refractivity contribution in [1.82, 2.24) is 9.88 Å². The van der Waals surface area contributed by atoms with E-state index in [2.05, 4.69) is 23.3 Å². The van der Waals surface area contributed by atoms with Gasteiger partial charge in [-0.3, -0.25) is 4.79 Å². The second-order valence-corrected chi connectivity index (χ2v) is 10.7. The molecule has 1 aliphatic heterocycles. The molecule has 34 heavy (non-hydrogen) atoms. The number of methoxy groups -OCH3 is 1. The number of nitrogens with zero attached hydrogens (tertiary/aromatic N) is 2. The van der Waals surface area contributed by atoms with Crippen LogP contribution in [0.3, 0.4) is 0 Å². The summed E-state index contributed by atoms with van der Waals surface area (Å²) >= 11 is 3.34. The SMILES string of the molecule is COc1cc2ccccc2cc1C(=O)Nc1sc2c(c1-c1nc3ccccc3s1)CCN(C)C2. The van der Waals surface area contributed by atoms with Gasteiger partial charge in [0.25, 0.3) is 5.91 Å². The number of ether oxygens (including phenoxy) is 1. The number of hydrogen-bond donors (Lipinski definition) is 1. The number of fused-ring (bicyclic) bond motifs is 3. The van der Waals surface area contributed by atoms with E-state index in [0.717, 1.165) is 56.1 Å². The predicted octanol–water partition coefficient (Wildman–Crippen LogP) is 6.43. The van der Waals surface area contributed by atoms with Gasteiger partial charge in [-0.05, 0) is 54.1 Å². The van der Waals surface area contributed by atoms with E-state index in [0.29, 0.717) is 11.3 Å². The average Bonchev–Trinajstić information content (AvgIpc) is 3.43. The van der Waals surface area contributed by atoms with Gasteiger partial charge in [0, 0.05) is 23.5 Å². The van der Waals surface area contributed by atoms with Crippen molar-refractivity contribution in [2.24, 2.45) is 0 Å². The van der Waals surface area contributed by atoms with Crippen LogP contribution in [-0.4, -0.2) is 36.5 Å². The van der Waals surface area contributed by atoms with Crippen LogP contribution in [0.4, 0.5) is 5.00 Å². The van der Waals surface area contributed by atoms with Crippen LogP contribution in [0.1, 0.15) is 20.8 Å². The maximum Gasteiger partial charge on any atom is 0.260 e. The molecule has 1 aliphatic rings. The minimum Gasteiger partial charge on any atom is -0.496 e. The van der Waals surface area contributed by atoms with Gasteiger partial charge in [-0.2, -0.15) is 0 Å². The van der Waals surface area contributed by atoms with Crippen LogP contribution < -0.4 is 10.1 Å². The maximum absolute atomic E-state index is 13.6. The number of thiazole rings is 1. The highest BCUT2D eigenvalue weighted by atomic mass is 32.1. The summed E-state index contributed by atoms with van der Waals surface area (Å²) in [6.45, 7) is 1.88. The van der Waals surface area contributed by atoms with Crippen molar-refractivity contribution < 1.29 is 9.53 Å². The minimum atomic E-state index is -0.170. The fourth-order valence-electron chi connectivity index (χ4n) is 4.56. The molecule has 7 heteroatoms. The Morgan fingerprint density at radius 1 is 1.06 bits per heavy atom. The largest absolute Gasteiger partial charge is 0.496 e. The Morgan fingerprint density at radius 3 is 2.62 bits per heavy atom. The van der Waals surface area contributed by atoms with Gasteiger partial charge in [-0.25, -0.2) is 4.98 Å². The molecule has 1 N–H and O–H groups in total. The molecular weight excluding hydrogens is 462 g/mol. The van der Waals surface area contributed by atoms with Gasteiger partial charge >= 0.3 is 0 Å². The van der Waals surface area contributed by atoms with E-state index < -0.39 is 0 Å². The molecule has 0 bridgehead atoms. The monoisotopic (exact) mass is 485 g/mol. The third kappa shape index (κ3) is 3.66. The number of aromatic nitrogens is 1. The van der Waals surface area contributed by atoms with Crippen molar-refractivity contribution in [1.29, 1.82) is 0 Å². The number of benzene rings is 3. The first-order valence-corrected chi connectivity index (χ1v) is 12.8. The van der Waals surface area contributed by atoms with Gasteiger partial charge in [-0.15, -0.1) is 22.7 Å². The zero-order chi connectivity index (χ0) is 23.2. The number of anilines is 1. The summed E-state index contributed by atoms with van der Waals surface area (Å²) in [5.41, 5.74) is 3.90. The molecule has 0 aliphatic carbocycles. The molecule has 0 unspecified atom stereocenters. The molecule has 0 radical (unpaired) electrons. The third-order valence-corrected chi connectivity index (χ3v) is 8.48. The number of carbonyl (C=O) groups is 1. The van der Waals surface area contributed by atoms with Gasteiger partial charge in [-0.1, -0.05) is 36.4 Å². The van der Waals surface area contributed by atoms with Crippen LogP contribution in [0.5, 0.6) is 5.75 Å². The highest BCUT2D eigenvalue weighted by Gasteiger charge is 2.27. The molecule has 5 aromatic rings. The summed E-state index contributed by atoms with van der Waals surface area (Å²) in [4.78, 5) is 22.1. The maximum atomic E-state index is 13.6. The lowest BCUT2D eigenvalue weighted by Crippen LogP contribution is -2.25. The number of hydrogen-bond acceptors (Lipinski definition) is 6. The first-order chi connectivity index (χ1) is 16.6. The number of thiophene rings is 1. The second kappa shape index (κ2) is 8.51. The van der Waals surface area contributed by atoms with Crippen LogP contribution in [0.25, 0.3) is 31.6 Å². The molecule has 3 aromatic carbocycles. The summed E-state index contributed by atoms with van der Waals surface area (Å²) in [5.74, 6) is 0.399. The number of carbonyl (C=O) groups excluding carboxylic acids is 1. The van der Waals surface area contributed by atoms with Crippen LogP contribution in [0.15, 0.2) is 60.7 Å². The molecule has 0 spiro atoms. The molecule has 2 aromatic heterocycles. The summed E-state index contributed by atoms with van der Waals surface area (Å²) < 4.78 is 6.74. The topological polar surface area (TPSA) is 54.5 Å². The Labute approximate surface area is 205 Å². The van der Waals surface area contributed by atoms with Crippen LogP contribution in [-0.2, 0) is 13.0 Å². The first kappa shape index (κ1) is 21.3. The van der Waals surface area contributed by atoms with E-state index in [9.17, 15) is 4.79 Å². The summed E-state index contributed by atoms with van der Waals surface area (Å²) in [5, 5.41) is 7.10. The quantitative estimate of drug-likeness (QED) is 0.319. The van der Waals surface area contributed by atoms with Gasteiger partial charge in [0.1, 0.15) is 15.8 Å². The molecule has 0 saturated heterocycles.